The Balaban J connectivity index is 2.05. The fraction of sp³-hybridized carbons (Fsp3) is 0.316. The summed E-state index contributed by atoms with van der Waals surface area (Å²) in [5.74, 6) is -1.34. The van der Waals surface area contributed by atoms with Crippen LogP contribution in [-0.2, 0) is 31.1 Å². The fourth-order valence-electron chi connectivity index (χ4n) is 2.53. The lowest BCUT2D eigenvalue weighted by Crippen LogP contribution is -2.47. The number of nitrogens with one attached hydrogen (secondary N) is 2. The molecule has 0 saturated carbocycles. The second-order valence-corrected chi connectivity index (χ2v) is 10.5. The number of sulfone groups is 1. The van der Waals surface area contributed by atoms with Crippen LogP contribution in [0.15, 0.2) is 59.5 Å². The van der Waals surface area contributed by atoms with Gasteiger partial charge in [0, 0.05) is 12.8 Å². The van der Waals surface area contributed by atoms with Gasteiger partial charge >= 0.3 is 0 Å². The number of hydrogen-bond acceptors (Lipinski definition) is 5. The van der Waals surface area contributed by atoms with E-state index in [0.717, 1.165) is 11.8 Å². The van der Waals surface area contributed by atoms with Crippen molar-refractivity contribution in [2.75, 3.05) is 18.6 Å². The molecule has 10 heteroatoms. The lowest BCUT2D eigenvalue weighted by atomic mass is 10.1. The van der Waals surface area contributed by atoms with E-state index in [1.165, 1.54) is 24.3 Å². The third kappa shape index (κ3) is 7.92. The average Bonchev–Trinajstić information content (AvgIpc) is 2.66. The Hall–Kier alpha value is -2.30. The van der Waals surface area contributed by atoms with E-state index in [1.807, 2.05) is 0 Å². The minimum absolute atomic E-state index is 0.0246. The maximum Gasteiger partial charge on any atom is 0.241 e. The highest BCUT2D eigenvalue weighted by molar-refractivity contribution is 7.90. The van der Waals surface area contributed by atoms with Gasteiger partial charge in [-0.3, -0.25) is 4.79 Å². The molecule has 2 aromatic carbocycles. The van der Waals surface area contributed by atoms with Crippen LogP contribution in [0.1, 0.15) is 12.0 Å². The molecule has 0 radical (unpaired) electrons. The van der Waals surface area contributed by atoms with E-state index in [9.17, 15) is 26.0 Å². The summed E-state index contributed by atoms with van der Waals surface area (Å²) in [5, 5.41) is 2.60. The summed E-state index contributed by atoms with van der Waals surface area (Å²) in [6.45, 7) is 0.187. The molecule has 7 nitrogen and oxygen atoms in total. The van der Waals surface area contributed by atoms with E-state index in [4.69, 9.17) is 0 Å². The molecule has 1 atom stereocenters. The first-order valence-electron chi connectivity index (χ1n) is 8.84. The van der Waals surface area contributed by atoms with E-state index in [1.54, 1.807) is 30.3 Å². The first-order valence-corrected chi connectivity index (χ1v) is 12.4. The van der Waals surface area contributed by atoms with E-state index in [0.29, 0.717) is 6.42 Å². The van der Waals surface area contributed by atoms with Gasteiger partial charge in [0.15, 0.2) is 0 Å². The Labute approximate surface area is 170 Å². The maximum absolute atomic E-state index is 12.9. The number of sulfonamides is 1. The maximum atomic E-state index is 12.9. The summed E-state index contributed by atoms with van der Waals surface area (Å²) < 4.78 is 63.2. The smallest absolute Gasteiger partial charge is 0.241 e. The normalized spacial score (nSPS) is 13.0. The van der Waals surface area contributed by atoms with Gasteiger partial charge in [-0.1, -0.05) is 30.3 Å². The van der Waals surface area contributed by atoms with Crippen molar-refractivity contribution in [1.82, 2.24) is 10.0 Å². The van der Waals surface area contributed by atoms with Crippen LogP contribution in [0.5, 0.6) is 0 Å². The monoisotopic (exact) mass is 442 g/mol. The SMILES string of the molecule is CS(=O)(=O)CC[C@H](NS(=O)(=O)c1ccccc1)C(=O)NCCc1ccc(F)cc1. The van der Waals surface area contributed by atoms with Crippen LogP contribution in [0.3, 0.4) is 0 Å². The zero-order chi connectivity index (χ0) is 21.5. The highest BCUT2D eigenvalue weighted by atomic mass is 32.2. The van der Waals surface area contributed by atoms with Crippen LogP contribution in [0.25, 0.3) is 0 Å². The molecule has 0 saturated heterocycles. The van der Waals surface area contributed by atoms with E-state index >= 15 is 0 Å². The van der Waals surface area contributed by atoms with Crippen molar-refractivity contribution in [1.29, 1.82) is 0 Å². The summed E-state index contributed by atoms with van der Waals surface area (Å²) in [4.78, 5) is 12.5. The van der Waals surface area contributed by atoms with Gasteiger partial charge in [0.1, 0.15) is 21.7 Å². The number of carbonyl (C=O) groups excluding carboxylic acids is 1. The highest BCUT2D eigenvalue weighted by Crippen LogP contribution is 2.10. The molecular weight excluding hydrogens is 419 g/mol. The number of halogens is 1. The van der Waals surface area contributed by atoms with Gasteiger partial charge in [0.25, 0.3) is 0 Å². The van der Waals surface area contributed by atoms with Crippen molar-refractivity contribution >= 4 is 25.8 Å². The quantitative estimate of drug-likeness (QED) is 0.576. The lowest BCUT2D eigenvalue weighted by molar-refractivity contribution is -0.122. The summed E-state index contributed by atoms with van der Waals surface area (Å²) in [6.07, 6.45) is 1.23. The first kappa shape index (κ1) is 23.0. The van der Waals surface area contributed by atoms with Gasteiger partial charge < -0.3 is 5.32 Å². The molecule has 0 aliphatic rings. The molecule has 0 fully saturated rings. The van der Waals surface area contributed by atoms with Crippen LogP contribution in [0.2, 0.25) is 0 Å². The second-order valence-electron chi connectivity index (χ2n) is 6.57. The Morgan fingerprint density at radius 2 is 1.62 bits per heavy atom. The fourth-order valence-corrected chi connectivity index (χ4v) is 4.45. The largest absolute Gasteiger partial charge is 0.354 e. The van der Waals surface area contributed by atoms with Crippen LogP contribution in [0, 0.1) is 5.82 Å². The summed E-state index contributed by atoms with van der Waals surface area (Å²) >= 11 is 0. The summed E-state index contributed by atoms with van der Waals surface area (Å²) in [6, 6.07) is 12.0. The minimum Gasteiger partial charge on any atom is -0.354 e. The molecule has 2 rings (SSSR count). The number of benzene rings is 2. The second kappa shape index (κ2) is 9.95. The average molecular weight is 443 g/mol. The molecule has 0 aromatic heterocycles. The van der Waals surface area contributed by atoms with Crippen molar-refractivity contribution in [2.45, 2.75) is 23.8 Å². The number of rotatable bonds is 10. The Morgan fingerprint density at radius 1 is 1.00 bits per heavy atom. The third-order valence-electron chi connectivity index (χ3n) is 4.07. The standard InChI is InChI=1S/C19H23FN2O5S2/c1-28(24,25)14-12-18(22-29(26,27)17-5-3-2-4-6-17)19(23)21-13-11-15-7-9-16(20)10-8-15/h2-10,18,22H,11-14H2,1H3,(H,21,23)/t18-/m0/s1. The molecule has 0 heterocycles. The van der Waals surface area contributed by atoms with Crippen LogP contribution in [-0.4, -0.2) is 47.3 Å². The van der Waals surface area contributed by atoms with Gasteiger partial charge in [-0.05, 0) is 42.7 Å². The van der Waals surface area contributed by atoms with E-state index in [-0.39, 0.29) is 29.4 Å². The number of hydrogen-bond donors (Lipinski definition) is 2. The van der Waals surface area contributed by atoms with Gasteiger partial charge in [0.05, 0.1) is 10.6 Å². The Morgan fingerprint density at radius 3 is 2.21 bits per heavy atom. The Bertz CT molecular complexity index is 1020. The highest BCUT2D eigenvalue weighted by Gasteiger charge is 2.26. The van der Waals surface area contributed by atoms with Crippen LogP contribution in [0.4, 0.5) is 4.39 Å². The van der Waals surface area contributed by atoms with Crippen molar-refractivity contribution in [2.24, 2.45) is 0 Å². The molecule has 2 aromatic rings. The van der Waals surface area contributed by atoms with Crippen LogP contribution < -0.4 is 10.0 Å². The number of carbonyl (C=O) groups is 1. The zero-order valence-electron chi connectivity index (χ0n) is 15.8. The molecule has 0 unspecified atom stereocenters. The molecule has 1 amide bonds. The first-order chi connectivity index (χ1) is 13.6. The van der Waals surface area contributed by atoms with Gasteiger partial charge in [0.2, 0.25) is 15.9 Å². The Kier molecular flexibility index (Phi) is 7.88. The van der Waals surface area contributed by atoms with Crippen LogP contribution >= 0.6 is 0 Å². The molecule has 0 aliphatic heterocycles. The predicted molar refractivity (Wildman–Crippen MR) is 108 cm³/mol. The molecule has 0 bridgehead atoms. The molecular formula is C19H23FN2O5S2. The van der Waals surface area contributed by atoms with Crippen molar-refractivity contribution in [3.63, 3.8) is 0 Å². The van der Waals surface area contributed by atoms with Crippen molar-refractivity contribution < 1.29 is 26.0 Å². The third-order valence-corrected chi connectivity index (χ3v) is 6.54. The predicted octanol–water partition coefficient (Wildman–Crippen LogP) is 1.27. The number of amides is 1. The minimum atomic E-state index is -4.00. The topological polar surface area (TPSA) is 109 Å². The molecule has 0 aliphatic carbocycles. The van der Waals surface area contributed by atoms with Gasteiger partial charge in [-0.25, -0.2) is 21.2 Å². The molecule has 158 valence electrons. The van der Waals surface area contributed by atoms with E-state index in [2.05, 4.69) is 10.0 Å². The zero-order valence-corrected chi connectivity index (χ0v) is 17.5. The molecule has 2 N–H and O–H groups in total. The van der Waals surface area contributed by atoms with Crippen molar-refractivity contribution in [3.05, 3.63) is 66.0 Å². The summed E-state index contributed by atoms with van der Waals surface area (Å²) in [7, 11) is -7.39. The summed E-state index contributed by atoms with van der Waals surface area (Å²) in [5.41, 5.74) is 0.796. The van der Waals surface area contributed by atoms with Gasteiger partial charge in [-0.15, -0.1) is 0 Å². The van der Waals surface area contributed by atoms with Crippen molar-refractivity contribution in [3.8, 4) is 0 Å². The lowest BCUT2D eigenvalue weighted by Gasteiger charge is -2.18. The molecule has 0 spiro atoms. The van der Waals surface area contributed by atoms with Gasteiger partial charge in [-0.2, -0.15) is 4.72 Å². The van der Waals surface area contributed by atoms with E-state index < -0.39 is 31.8 Å². The molecule has 29 heavy (non-hydrogen) atoms.